The molecule has 1 aromatic carbocycles. The van der Waals surface area contributed by atoms with Crippen LogP contribution in [0.5, 0.6) is 5.75 Å². The van der Waals surface area contributed by atoms with Gasteiger partial charge in [-0.15, -0.1) is 0 Å². The number of fused-ring (bicyclic) bond motifs is 1. The van der Waals surface area contributed by atoms with Crippen molar-refractivity contribution >= 4 is 10.9 Å². The summed E-state index contributed by atoms with van der Waals surface area (Å²) in [5.41, 5.74) is 7.77. The molecule has 2 N–H and O–H groups in total. The van der Waals surface area contributed by atoms with Gasteiger partial charge in [-0.2, -0.15) is 5.10 Å². The molecular weight excluding hydrogens is 178 g/mol. The van der Waals surface area contributed by atoms with Crippen LogP contribution < -0.4 is 10.5 Å². The lowest BCUT2D eigenvalue weighted by atomic mass is 10.1. The smallest absolute Gasteiger partial charge is 0.124 e. The predicted octanol–water partition coefficient (Wildman–Crippen LogP) is 1.04. The number of aromatic nitrogens is 2. The van der Waals surface area contributed by atoms with Gasteiger partial charge < -0.3 is 10.5 Å². The van der Waals surface area contributed by atoms with Crippen molar-refractivity contribution in [1.29, 1.82) is 0 Å². The summed E-state index contributed by atoms with van der Waals surface area (Å²) in [6.07, 6.45) is 1.82. The molecule has 0 amide bonds. The van der Waals surface area contributed by atoms with Crippen LogP contribution in [0.2, 0.25) is 0 Å². The number of rotatable bonds is 2. The molecule has 0 fully saturated rings. The summed E-state index contributed by atoms with van der Waals surface area (Å²) in [5.74, 6) is 0.827. The Morgan fingerprint density at radius 3 is 2.93 bits per heavy atom. The second-order valence-corrected chi connectivity index (χ2v) is 3.15. The van der Waals surface area contributed by atoms with E-state index in [1.807, 2.05) is 30.1 Å². The first-order chi connectivity index (χ1) is 6.77. The minimum atomic E-state index is 0.464. The minimum absolute atomic E-state index is 0.464. The first-order valence-electron chi connectivity index (χ1n) is 4.45. The molecule has 2 rings (SSSR count). The molecule has 2 aromatic rings. The highest BCUT2D eigenvalue weighted by Gasteiger charge is 2.09. The average molecular weight is 191 g/mol. The zero-order valence-electron chi connectivity index (χ0n) is 8.32. The Balaban J connectivity index is 2.77. The largest absolute Gasteiger partial charge is 0.496 e. The second kappa shape index (κ2) is 3.31. The summed E-state index contributed by atoms with van der Waals surface area (Å²) >= 11 is 0. The molecule has 4 heteroatoms. The number of nitrogens with two attached hydrogens (primary N) is 1. The molecule has 0 saturated carbocycles. The molecule has 0 bridgehead atoms. The summed E-state index contributed by atoms with van der Waals surface area (Å²) in [4.78, 5) is 0. The van der Waals surface area contributed by atoms with Gasteiger partial charge in [-0.1, -0.05) is 0 Å². The third kappa shape index (κ3) is 1.15. The van der Waals surface area contributed by atoms with Gasteiger partial charge in [0.25, 0.3) is 0 Å². The van der Waals surface area contributed by atoms with E-state index in [-0.39, 0.29) is 0 Å². The third-order valence-electron chi connectivity index (χ3n) is 2.42. The highest BCUT2D eigenvalue weighted by Crippen LogP contribution is 2.26. The van der Waals surface area contributed by atoms with E-state index in [0.29, 0.717) is 6.54 Å². The van der Waals surface area contributed by atoms with Crippen LogP contribution in [0.3, 0.4) is 0 Å². The summed E-state index contributed by atoms with van der Waals surface area (Å²) < 4.78 is 7.06. The molecule has 0 saturated heterocycles. The lowest BCUT2D eigenvalue weighted by molar-refractivity contribution is 0.410. The average Bonchev–Trinajstić information content (AvgIpc) is 2.59. The number of ether oxygens (including phenoxy) is 1. The number of hydrogen-bond donors (Lipinski definition) is 1. The van der Waals surface area contributed by atoms with Gasteiger partial charge in [0.1, 0.15) is 5.75 Å². The first-order valence-corrected chi connectivity index (χ1v) is 4.45. The molecular formula is C10H13N3O. The van der Waals surface area contributed by atoms with E-state index >= 15 is 0 Å². The zero-order chi connectivity index (χ0) is 10.1. The number of hydrogen-bond acceptors (Lipinski definition) is 3. The van der Waals surface area contributed by atoms with Crippen LogP contribution in [0, 0.1) is 0 Å². The van der Waals surface area contributed by atoms with Gasteiger partial charge in [0, 0.05) is 24.5 Å². The molecule has 0 spiro atoms. The van der Waals surface area contributed by atoms with Gasteiger partial charge >= 0.3 is 0 Å². The van der Waals surface area contributed by atoms with Crippen LogP contribution in [-0.2, 0) is 13.6 Å². The molecule has 0 aliphatic heterocycles. The van der Waals surface area contributed by atoms with Gasteiger partial charge in [-0.3, -0.25) is 4.68 Å². The lowest BCUT2D eigenvalue weighted by Gasteiger charge is -2.07. The molecule has 0 unspecified atom stereocenters. The van der Waals surface area contributed by atoms with Gasteiger partial charge in [0.2, 0.25) is 0 Å². The molecule has 1 aromatic heterocycles. The van der Waals surface area contributed by atoms with E-state index in [1.165, 1.54) is 0 Å². The van der Waals surface area contributed by atoms with Crippen LogP contribution in [-0.4, -0.2) is 16.9 Å². The molecule has 0 atom stereocenters. The Bertz CT molecular complexity index is 462. The van der Waals surface area contributed by atoms with Crippen molar-refractivity contribution in [2.75, 3.05) is 7.11 Å². The zero-order valence-corrected chi connectivity index (χ0v) is 8.32. The van der Waals surface area contributed by atoms with E-state index < -0.39 is 0 Å². The number of benzene rings is 1. The van der Waals surface area contributed by atoms with Crippen molar-refractivity contribution in [1.82, 2.24) is 9.78 Å². The second-order valence-electron chi connectivity index (χ2n) is 3.15. The molecule has 1 heterocycles. The van der Waals surface area contributed by atoms with Gasteiger partial charge in [0.05, 0.1) is 18.8 Å². The molecule has 14 heavy (non-hydrogen) atoms. The van der Waals surface area contributed by atoms with Crippen molar-refractivity contribution in [2.24, 2.45) is 12.8 Å². The number of nitrogens with zero attached hydrogens (tertiary/aromatic N) is 2. The molecule has 0 aliphatic rings. The molecule has 4 nitrogen and oxygen atoms in total. The monoisotopic (exact) mass is 191 g/mol. The topological polar surface area (TPSA) is 53.1 Å². The van der Waals surface area contributed by atoms with Crippen molar-refractivity contribution in [2.45, 2.75) is 6.54 Å². The Hall–Kier alpha value is -1.55. The normalized spacial score (nSPS) is 10.8. The van der Waals surface area contributed by atoms with Gasteiger partial charge in [0.15, 0.2) is 0 Å². The molecule has 0 aliphatic carbocycles. The predicted molar refractivity (Wildman–Crippen MR) is 55.2 cm³/mol. The lowest BCUT2D eigenvalue weighted by Crippen LogP contribution is -2.00. The number of aryl methyl sites for hydroxylation is 1. The van der Waals surface area contributed by atoms with E-state index in [4.69, 9.17) is 10.5 Å². The fourth-order valence-corrected chi connectivity index (χ4v) is 1.67. The van der Waals surface area contributed by atoms with Crippen molar-refractivity contribution < 1.29 is 4.74 Å². The fraction of sp³-hybridized carbons (Fsp3) is 0.300. The van der Waals surface area contributed by atoms with E-state index in [0.717, 1.165) is 22.2 Å². The maximum Gasteiger partial charge on any atom is 0.124 e. The summed E-state index contributed by atoms with van der Waals surface area (Å²) in [6, 6.07) is 3.91. The standard InChI is InChI=1S/C10H13N3O/c1-13-9-3-4-10(14-2)7(5-11)8(9)6-12-13/h3-4,6H,5,11H2,1-2H3. The van der Waals surface area contributed by atoms with Crippen LogP contribution in [0.1, 0.15) is 5.56 Å². The van der Waals surface area contributed by atoms with E-state index in [2.05, 4.69) is 5.10 Å². The SMILES string of the molecule is COc1ccc2c(cnn2C)c1CN. The van der Waals surface area contributed by atoms with E-state index in [1.54, 1.807) is 7.11 Å². The third-order valence-corrected chi connectivity index (χ3v) is 2.42. The first kappa shape index (κ1) is 9.02. The summed E-state index contributed by atoms with van der Waals surface area (Å²) in [7, 11) is 3.56. The Morgan fingerprint density at radius 2 is 2.29 bits per heavy atom. The minimum Gasteiger partial charge on any atom is -0.496 e. The van der Waals surface area contributed by atoms with Crippen molar-refractivity contribution in [3.8, 4) is 5.75 Å². The van der Waals surface area contributed by atoms with Gasteiger partial charge in [-0.25, -0.2) is 0 Å². The van der Waals surface area contributed by atoms with E-state index in [9.17, 15) is 0 Å². The highest BCUT2D eigenvalue weighted by molar-refractivity contribution is 5.84. The maximum atomic E-state index is 5.68. The maximum absolute atomic E-state index is 5.68. The molecule has 74 valence electrons. The van der Waals surface area contributed by atoms with Crippen LogP contribution >= 0.6 is 0 Å². The summed E-state index contributed by atoms with van der Waals surface area (Å²) in [5, 5.41) is 5.25. The molecule has 0 radical (unpaired) electrons. The number of methoxy groups -OCH3 is 1. The Morgan fingerprint density at radius 1 is 1.50 bits per heavy atom. The van der Waals surface area contributed by atoms with Gasteiger partial charge in [-0.05, 0) is 12.1 Å². The van der Waals surface area contributed by atoms with Crippen LogP contribution in [0.25, 0.3) is 10.9 Å². The Kier molecular flexibility index (Phi) is 2.13. The van der Waals surface area contributed by atoms with Crippen molar-refractivity contribution in [3.63, 3.8) is 0 Å². The van der Waals surface area contributed by atoms with Crippen LogP contribution in [0.4, 0.5) is 0 Å². The Labute approximate surface area is 82.3 Å². The van der Waals surface area contributed by atoms with Crippen LogP contribution in [0.15, 0.2) is 18.3 Å². The fourth-order valence-electron chi connectivity index (χ4n) is 1.67. The summed E-state index contributed by atoms with van der Waals surface area (Å²) in [6.45, 7) is 0.464. The quantitative estimate of drug-likeness (QED) is 0.771. The highest BCUT2D eigenvalue weighted by atomic mass is 16.5. The van der Waals surface area contributed by atoms with Crippen molar-refractivity contribution in [3.05, 3.63) is 23.9 Å².